The SMILES string of the molecule is CCCCC/C=C/CCCCCCCCCCC[N+](CCC(=O)[O-])(CCC(=O)O)CCC(=O)O. The second-order valence-electron chi connectivity index (χ2n) is 9.58. The summed E-state index contributed by atoms with van der Waals surface area (Å²) < 4.78 is 0.222. The number of hydrogen-bond donors (Lipinski definition) is 2. The minimum atomic E-state index is -1.18. The average Bonchev–Trinajstić information content (AvgIpc) is 2.79. The number of carboxylic acid groups (broad SMARTS) is 3. The van der Waals surface area contributed by atoms with Crippen molar-refractivity contribution in [1.29, 1.82) is 0 Å². The molecule has 0 radical (unpaired) electrons. The Morgan fingerprint density at radius 1 is 0.618 bits per heavy atom. The van der Waals surface area contributed by atoms with Crippen molar-refractivity contribution in [2.45, 2.75) is 116 Å². The van der Waals surface area contributed by atoms with E-state index >= 15 is 0 Å². The number of carbonyl (C=O) groups is 3. The topological polar surface area (TPSA) is 115 Å². The van der Waals surface area contributed by atoms with Crippen molar-refractivity contribution in [2.24, 2.45) is 0 Å². The number of nitrogens with zero attached hydrogens (tertiary/aromatic N) is 1. The van der Waals surface area contributed by atoms with Crippen LogP contribution in [0.15, 0.2) is 12.2 Å². The van der Waals surface area contributed by atoms with Gasteiger partial charge in [0.25, 0.3) is 0 Å². The fourth-order valence-electron chi connectivity index (χ4n) is 4.36. The van der Waals surface area contributed by atoms with Crippen molar-refractivity contribution in [1.82, 2.24) is 0 Å². The zero-order valence-corrected chi connectivity index (χ0v) is 21.5. The first-order valence-electron chi connectivity index (χ1n) is 13.4. The van der Waals surface area contributed by atoms with Gasteiger partial charge in [-0.2, -0.15) is 0 Å². The third-order valence-corrected chi connectivity index (χ3v) is 6.53. The van der Waals surface area contributed by atoms with Gasteiger partial charge < -0.3 is 24.6 Å². The van der Waals surface area contributed by atoms with Gasteiger partial charge in [0.05, 0.1) is 39.0 Å². The standard InChI is InChI=1S/C27H49NO6/c1-2-3-4-5-6-7-8-9-10-11-12-13-14-15-16-17-21-28(22-18-25(29)30,23-19-26(31)32)24-20-27(33)34/h6-7H,2-5,8-24H2,1H3,(H2-,29,30,31,32,33,34)/b7-6+. The van der Waals surface area contributed by atoms with Crippen LogP contribution >= 0.6 is 0 Å². The van der Waals surface area contributed by atoms with Gasteiger partial charge in [0.2, 0.25) is 0 Å². The molecule has 34 heavy (non-hydrogen) atoms. The molecule has 0 saturated heterocycles. The first kappa shape index (κ1) is 32.1. The number of hydrogen-bond acceptors (Lipinski definition) is 4. The Hall–Kier alpha value is -1.89. The third kappa shape index (κ3) is 20.7. The molecular formula is C27H49NO6. The van der Waals surface area contributed by atoms with Crippen molar-refractivity contribution in [2.75, 3.05) is 26.2 Å². The molecule has 0 aliphatic carbocycles. The summed E-state index contributed by atoms with van der Waals surface area (Å²) in [5.74, 6) is -3.08. The summed E-state index contributed by atoms with van der Waals surface area (Å²) in [4.78, 5) is 33.2. The summed E-state index contributed by atoms with van der Waals surface area (Å²) in [5.41, 5.74) is 0. The van der Waals surface area contributed by atoms with Crippen molar-refractivity contribution >= 4 is 17.9 Å². The van der Waals surface area contributed by atoms with Gasteiger partial charge in [-0.1, -0.05) is 70.4 Å². The van der Waals surface area contributed by atoms with E-state index in [1.807, 2.05) is 0 Å². The maximum atomic E-state index is 11.1. The smallest absolute Gasteiger partial charge is 0.309 e. The van der Waals surface area contributed by atoms with Gasteiger partial charge in [-0.05, 0) is 38.5 Å². The molecule has 0 rings (SSSR count). The average molecular weight is 484 g/mol. The Morgan fingerprint density at radius 2 is 1.03 bits per heavy atom. The van der Waals surface area contributed by atoms with Crippen molar-refractivity contribution in [3.63, 3.8) is 0 Å². The lowest BCUT2D eigenvalue weighted by Gasteiger charge is -2.38. The van der Waals surface area contributed by atoms with Crippen LogP contribution < -0.4 is 5.11 Å². The van der Waals surface area contributed by atoms with E-state index in [1.165, 1.54) is 70.6 Å². The largest absolute Gasteiger partial charge is 0.550 e. The fourth-order valence-corrected chi connectivity index (χ4v) is 4.36. The number of rotatable bonds is 25. The maximum absolute atomic E-state index is 11.1. The lowest BCUT2D eigenvalue weighted by molar-refractivity contribution is -0.927. The minimum absolute atomic E-state index is 0.0959. The number of unbranched alkanes of at least 4 members (excludes halogenated alkanes) is 12. The Bertz CT molecular complexity index is 530. The van der Waals surface area contributed by atoms with Crippen molar-refractivity contribution < 1.29 is 34.2 Å². The molecule has 7 nitrogen and oxygen atoms in total. The van der Waals surface area contributed by atoms with E-state index < -0.39 is 17.9 Å². The summed E-state index contributed by atoms with van der Waals surface area (Å²) in [6.45, 7) is 3.57. The predicted octanol–water partition coefficient (Wildman–Crippen LogP) is 4.93. The second-order valence-corrected chi connectivity index (χ2v) is 9.58. The summed E-state index contributed by atoms with van der Waals surface area (Å²) in [6, 6.07) is 0. The van der Waals surface area contributed by atoms with Gasteiger partial charge in [0.1, 0.15) is 0 Å². The van der Waals surface area contributed by atoms with Gasteiger partial charge in [0.15, 0.2) is 0 Å². The van der Waals surface area contributed by atoms with E-state index in [1.54, 1.807) is 0 Å². The molecule has 0 heterocycles. The summed E-state index contributed by atoms with van der Waals surface area (Å²) in [5, 5.41) is 29.2. The van der Waals surface area contributed by atoms with E-state index in [0.29, 0.717) is 6.54 Å². The summed E-state index contributed by atoms with van der Waals surface area (Å²) >= 11 is 0. The molecule has 198 valence electrons. The van der Waals surface area contributed by atoms with Gasteiger partial charge in [-0.3, -0.25) is 9.59 Å². The first-order valence-corrected chi connectivity index (χ1v) is 13.4. The molecular weight excluding hydrogens is 434 g/mol. The van der Waals surface area contributed by atoms with Crippen LogP contribution in [0.3, 0.4) is 0 Å². The third-order valence-electron chi connectivity index (χ3n) is 6.53. The molecule has 0 fully saturated rings. The number of carboxylic acids is 3. The number of aliphatic carboxylic acids is 3. The van der Waals surface area contributed by atoms with Gasteiger partial charge >= 0.3 is 11.9 Å². The highest BCUT2D eigenvalue weighted by Crippen LogP contribution is 2.17. The highest BCUT2D eigenvalue weighted by atomic mass is 16.4. The molecule has 0 atom stereocenters. The Morgan fingerprint density at radius 3 is 1.47 bits per heavy atom. The van der Waals surface area contributed by atoms with Crippen LogP contribution in [0.1, 0.15) is 116 Å². The predicted molar refractivity (Wildman–Crippen MR) is 133 cm³/mol. The molecule has 0 spiro atoms. The van der Waals surface area contributed by atoms with Crippen LogP contribution in [0.5, 0.6) is 0 Å². The van der Waals surface area contributed by atoms with Crippen LogP contribution in [0, 0.1) is 0 Å². The van der Waals surface area contributed by atoms with E-state index in [-0.39, 0.29) is 43.4 Å². The highest BCUT2D eigenvalue weighted by molar-refractivity contribution is 5.67. The van der Waals surface area contributed by atoms with Gasteiger partial charge in [-0.25, -0.2) is 0 Å². The van der Waals surface area contributed by atoms with Crippen molar-refractivity contribution in [3.8, 4) is 0 Å². The van der Waals surface area contributed by atoms with Crippen LogP contribution in [0.25, 0.3) is 0 Å². The summed E-state index contributed by atoms with van der Waals surface area (Å²) in [7, 11) is 0. The van der Waals surface area contributed by atoms with E-state index in [2.05, 4.69) is 19.1 Å². The summed E-state index contributed by atoms with van der Waals surface area (Å²) in [6.07, 6.45) is 21.0. The molecule has 2 N–H and O–H groups in total. The Balaban J connectivity index is 4.10. The quantitative estimate of drug-likeness (QED) is 0.108. The van der Waals surface area contributed by atoms with E-state index in [0.717, 1.165) is 19.3 Å². The van der Waals surface area contributed by atoms with Crippen LogP contribution in [0.2, 0.25) is 0 Å². The molecule has 0 bridgehead atoms. The number of carbonyl (C=O) groups excluding carboxylic acids is 1. The highest BCUT2D eigenvalue weighted by Gasteiger charge is 2.28. The minimum Gasteiger partial charge on any atom is -0.550 e. The monoisotopic (exact) mass is 483 g/mol. The lowest BCUT2D eigenvalue weighted by Crippen LogP contribution is -2.53. The maximum Gasteiger partial charge on any atom is 0.309 e. The van der Waals surface area contributed by atoms with Crippen molar-refractivity contribution in [3.05, 3.63) is 12.2 Å². The van der Waals surface area contributed by atoms with Crippen LogP contribution in [-0.4, -0.2) is 58.8 Å². The zero-order chi connectivity index (χ0) is 25.5. The molecule has 0 aromatic heterocycles. The van der Waals surface area contributed by atoms with Crippen LogP contribution in [-0.2, 0) is 14.4 Å². The zero-order valence-electron chi connectivity index (χ0n) is 21.5. The van der Waals surface area contributed by atoms with Crippen LogP contribution in [0.4, 0.5) is 0 Å². The first-order chi connectivity index (χ1) is 16.3. The number of quaternary nitrogens is 1. The van der Waals surface area contributed by atoms with Gasteiger partial charge in [-0.15, -0.1) is 0 Å². The second kappa shape index (κ2) is 21.6. The molecule has 0 aromatic carbocycles. The Kier molecular flexibility index (Phi) is 20.4. The van der Waals surface area contributed by atoms with E-state index in [4.69, 9.17) is 10.2 Å². The Labute approximate surface area is 206 Å². The normalized spacial score (nSPS) is 11.8. The molecule has 0 aromatic rings. The lowest BCUT2D eigenvalue weighted by atomic mass is 10.1. The molecule has 0 aliphatic heterocycles. The molecule has 0 saturated carbocycles. The molecule has 7 heteroatoms. The van der Waals surface area contributed by atoms with Gasteiger partial charge in [0, 0.05) is 12.4 Å². The van der Waals surface area contributed by atoms with E-state index in [9.17, 15) is 19.5 Å². The molecule has 0 amide bonds. The number of allylic oxidation sites excluding steroid dienone is 2. The molecule has 0 aliphatic rings. The fraction of sp³-hybridized carbons (Fsp3) is 0.815. The molecule has 0 unspecified atom stereocenters.